The molecule has 0 radical (unpaired) electrons. The summed E-state index contributed by atoms with van der Waals surface area (Å²) in [5, 5.41) is 0.985. The van der Waals surface area contributed by atoms with Crippen molar-refractivity contribution in [3.05, 3.63) is 29.3 Å². The number of benzene rings is 1. The maximum Gasteiger partial charge on any atom is 0.306 e. The summed E-state index contributed by atoms with van der Waals surface area (Å²) in [6.45, 7) is 6.20. The normalized spacial score (nSPS) is 14.4. The van der Waals surface area contributed by atoms with Crippen LogP contribution in [0.15, 0.2) is 18.2 Å². The molecule has 2 amide bonds. The highest BCUT2D eigenvalue weighted by Gasteiger charge is 2.36. The fraction of sp³-hybridized carbons (Fsp3) is 0.591. The number of hydrogen-bond donors (Lipinski definition) is 1. The molecule has 0 bridgehead atoms. The van der Waals surface area contributed by atoms with Crippen LogP contribution < -0.4 is 10.5 Å². The van der Waals surface area contributed by atoms with E-state index in [9.17, 15) is 14.4 Å². The molecule has 1 aliphatic heterocycles. The molecule has 2 N–H and O–H groups in total. The zero-order valence-electron chi connectivity index (χ0n) is 17.9. The van der Waals surface area contributed by atoms with E-state index in [0.29, 0.717) is 17.9 Å². The Morgan fingerprint density at radius 2 is 1.97 bits per heavy atom. The van der Waals surface area contributed by atoms with Gasteiger partial charge in [-0.2, -0.15) is 0 Å². The van der Waals surface area contributed by atoms with Crippen molar-refractivity contribution >= 4 is 33.7 Å². The maximum absolute atomic E-state index is 12.8. The number of nitrogens with two attached hydrogens (primary N) is 1. The van der Waals surface area contributed by atoms with Gasteiger partial charge in [0.1, 0.15) is 17.4 Å². The minimum absolute atomic E-state index is 0.00770. The van der Waals surface area contributed by atoms with Gasteiger partial charge in [-0.05, 0) is 70.2 Å². The molecule has 1 aromatic rings. The predicted octanol–water partition coefficient (Wildman–Crippen LogP) is 3.56. The van der Waals surface area contributed by atoms with E-state index in [4.69, 9.17) is 15.2 Å². The molecule has 0 aromatic heterocycles. The van der Waals surface area contributed by atoms with E-state index in [0.717, 1.165) is 30.2 Å². The Morgan fingerprint density at radius 3 is 2.60 bits per heavy atom. The van der Waals surface area contributed by atoms with Crippen LogP contribution in [-0.2, 0) is 20.9 Å². The van der Waals surface area contributed by atoms with E-state index in [1.54, 1.807) is 32.9 Å². The van der Waals surface area contributed by atoms with Crippen molar-refractivity contribution in [2.75, 3.05) is 11.9 Å². The number of hydrogen-bond acceptors (Lipinski definition) is 5. The van der Waals surface area contributed by atoms with E-state index in [-0.39, 0.29) is 25.3 Å². The summed E-state index contributed by atoms with van der Waals surface area (Å²) >= 11 is 3.41. The molecule has 166 valence electrons. The van der Waals surface area contributed by atoms with Gasteiger partial charge in [-0.15, -0.1) is 0 Å². The van der Waals surface area contributed by atoms with Gasteiger partial charge in [-0.25, -0.2) is 0 Å². The quantitative estimate of drug-likeness (QED) is 0.295. The Morgan fingerprint density at radius 1 is 1.23 bits per heavy atom. The van der Waals surface area contributed by atoms with Gasteiger partial charge in [0.05, 0.1) is 6.61 Å². The van der Waals surface area contributed by atoms with Gasteiger partial charge >= 0.3 is 5.97 Å². The first-order valence-electron chi connectivity index (χ1n) is 10.3. The van der Waals surface area contributed by atoms with Crippen molar-refractivity contribution in [2.24, 2.45) is 5.73 Å². The monoisotopic (exact) mass is 482 g/mol. The number of carbonyl (C=O) groups is 3. The van der Waals surface area contributed by atoms with E-state index < -0.39 is 23.5 Å². The highest BCUT2D eigenvalue weighted by molar-refractivity contribution is 9.09. The summed E-state index contributed by atoms with van der Waals surface area (Å²) < 4.78 is 11.1. The third-order valence-corrected chi connectivity index (χ3v) is 5.26. The molecule has 1 atom stereocenters. The van der Waals surface area contributed by atoms with Crippen molar-refractivity contribution < 1.29 is 23.9 Å². The van der Waals surface area contributed by atoms with Gasteiger partial charge in [-0.3, -0.25) is 14.4 Å². The molecule has 1 aromatic carbocycles. The summed E-state index contributed by atoms with van der Waals surface area (Å²) in [7, 11) is 0. The molecule has 2 rings (SSSR count). The molecule has 7 nitrogen and oxygen atoms in total. The Bertz CT molecular complexity index is 775. The average molecular weight is 483 g/mol. The molecular formula is C22H31BrN2O5. The molecule has 1 unspecified atom stereocenters. The van der Waals surface area contributed by atoms with E-state index in [1.165, 1.54) is 4.90 Å². The molecule has 1 aliphatic rings. The van der Waals surface area contributed by atoms with Gasteiger partial charge in [0.25, 0.3) is 5.91 Å². The second-order valence-corrected chi connectivity index (χ2v) is 9.19. The highest BCUT2D eigenvalue weighted by atomic mass is 79.9. The van der Waals surface area contributed by atoms with Gasteiger partial charge in [-0.1, -0.05) is 15.9 Å². The lowest BCUT2D eigenvalue weighted by Gasteiger charge is -2.25. The van der Waals surface area contributed by atoms with Gasteiger partial charge in [0, 0.05) is 23.9 Å². The first kappa shape index (κ1) is 24.2. The summed E-state index contributed by atoms with van der Waals surface area (Å²) in [5.41, 5.74) is 6.27. The number of nitrogens with zero attached hydrogens (tertiary/aromatic N) is 1. The van der Waals surface area contributed by atoms with Crippen LogP contribution in [0.25, 0.3) is 0 Å². The summed E-state index contributed by atoms with van der Waals surface area (Å²) in [5.74, 6) is -0.620. The smallest absolute Gasteiger partial charge is 0.306 e. The zero-order valence-corrected chi connectivity index (χ0v) is 19.5. The first-order chi connectivity index (χ1) is 14.1. The molecule has 8 heteroatoms. The predicted molar refractivity (Wildman–Crippen MR) is 118 cm³/mol. The Hall–Kier alpha value is -2.09. The van der Waals surface area contributed by atoms with Crippen LogP contribution in [0.5, 0.6) is 5.75 Å². The number of alkyl halides is 1. The zero-order chi connectivity index (χ0) is 22.3. The van der Waals surface area contributed by atoms with Crippen molar-refractivity contribution in [1.82, 2.24) is 4.90 Å². The molecule has 0 saturated carbocycles. The molecule has 0 spiro atoms. The number of halogens is 1. The lowest BCUT2D eigenvalue weighted by molar-refractivity contribution is -0.155. The minimum Gasteiger partial charge on any atom is -0.494 e. The number of fused-ring (bicyclic) bond motifs is 1. The summed E-state index contributed by atoms with van der Waals surface area (Å²) in [6, 6.07) is 4.46. The van der Waals surface area contributed by atoms with Gasteiger partial charge in [0.2, 0.25) is 5.91 Å². The third kappa shape index (κ3) is 7.00. The summed E-state index contributed by atoms with van der Waals surface area (Å²) in [6.07, 6.45) is 3.28. The SMILES string of the molecule is CC(C)(C)OC(=O)CCC(C(N)=O)N1Cc2cc(OCCCCCBr)ccc2C1=O. The molecule has 30 heavy (non-hydrogen) atoms. The number of unbranched alkanes of at least 4 members (excludes halogenated alkanes) is 2. The minimum atomic E-state index is -0.869. The molecule has 0 saturated heterocycles. The van der Waals surface area contributed by atoms with Crippen molar-refractivity contribution in [1.29, 1.82) is 0 Å². The second kappa shape index (κ2) is 10.8. The number of amides is 2. The van der Waals surface area contributed by atoms with Crippen LogP contribution >= 0.6 is 15.9 Å². The molecule has 0 aliphatic carbocycles. The Balaban J connectivity index is 1.99. The van der Waals surface area contributed by atoms with E-state index in [1.807, 2.05) is 6.07 Å². The molecule has 1 heterocycles. The van der Waals surface area contributed by atoms with Crippen LogP contribution in [0, 0.1) is 0 Å². The van der Waals surface area contributed by atoms with Crippen molar-refractivity contribution in [2.45, 2.75) is 71.1 Å². The number of esters is 1. The van der Waals surface area contributed by atoms with Crippen molar-refractivity contribution in [3.63, 3.8) is 0 Å². The lowest BCUT2D eigenvalue weighted by atomic mass is 10.1. The Labute approximate surface area is 186 Å². The standard InChI is InChI=1S/C22H31BrN2O5/c1-22(2,3)30-19(26)10-9-18(20(24)27)25-14-15-13-16(7-8-17(15)21(25)28)29-12-6-4-5-11-23/h7-8,13,18H,4-6,9-12,14H2,1-3H3,(H2,24,27). The molecule has 0 fully saturated rings. The molecular weight excluding hydrogens is 452 g/mol. The highest BCUT2D eigenvalue weighted by Crippen LogP contribution is 2.29. The number of rotatable bonds is 11. The van der Waals surface area contributed by atoms with Crippen LogP contribution in [0.1, 0.15) is 68.8 Å². The van der Waals surface area contributed by atoms with Crippen LogP contribution in [0.2, 0.25) is 0 Å². The third-order valence-electron chi connectivity index (χ3n) is 4.70. The Kier molecular flexibility index (Phi) is 8.70. The topological polar surface area (TPSA) is 98.9 Å². The van der Waals surface area contributed by atoms with Gasteiger partial charge in [0.15, 0.2) is 0 Å². The van der Waals surface area contributed by atoms with Crippen LogP contribution in [0.3, 0.4) is 0 Å². The van der Waals surface area contributed by atoms with Crippen LogP contribution in [0.4, 0.5) is 0 Å². The fourth-order valence-electron chi connectivity index (χ4n) is 3.32. The maximum atomic E-state index is 12.8. The number of primary amides is 1. The lowest BCUT2D eigenvalue weighted by Crippen LogP contribution is -2.45. The van der Waals surface area contributed by atoms with Gasteiger partial charge < -0.3 is 20.1 Å². The average Bonchev–Trinajstić information content (AvgIpc) is 2.96. The first-order valence-corrected chi connectivity index (χ1v) is 11.4. The van der Waals surface area contributed by atoms with Crippen LogP contribution in [-0.4, -0.2) is 46.3 Å². The van der Waals surface area contributed by atoms with E-state index in [2.05, 4.69) is 15.9 Å². The summed E-state index contributed by atoms with van der Waals surface area (Å²) in [4.78, 5) is 38.3. The van der Waals surface area contributed by atoms with Crippen molar-refractivity contribution in [3.8, 4) is 5.75 Å². The second-order valence-electron chi connectivity index (χ2n) is 8.39. The fourth-order valence-corrected chi connectivity index (χ4v) is 3.72. The number of ether oxygens (including phenoxy) is 2. The van der Waals surface area contributed by atoms with E-state index >= 15 is 0 Å². The largest absolute Gasteiger partial charge is 0.494 e. The number of carbonyl (C=O) groups excluding carboxylic acids is 3.